The SMILES string of the molecule is COC(=O)c1nc(NCCCN(C)C(C)C)sc1C. The zero-order chi connectivity index (χ0) is 14.4. The van der Waals surface area contributed by atoms with Gasteiger partial charge in [-0.15, -0.1) is 11.3 Å². The highest BCUT2D eigenvalue weighted by Crippen LogP contribution is 2.22. The van der Waals surface area contributed by atoms with E-state index in [2.05, 4.69) is 40.8 Å². The van der Waals surface area contributed by atoms with Crippen molar-refractivity contribution in [1.29, 1.82) is 0 Å². The van der Waals surface area contributed by atoms with Gasteiger partial charge in [-0.25, -0.2) is 9.78 Å². The summed E-state index contributed by atoms with van der Waals surface area (Å²) in [6.45, 7) is 8.13. The van der Waals surface area contributed by atoms with E-state index in [1.54, 1.807) is 0 Å². The maximum absolute atomic E-state index is 11.4. The lowest BCUT2D eigenvalue weighted by molar-refractivity contribution is 0.0594. The minimum Gasteiger partial charge on any atom is -0.464 e. The first kappa shape index (κ1) is 15.9. The first-order chi connectivity index (χ1) is 8.95. The van der Waals surface area contributed by atoms with Crippen LogP contribution >= 0.6 is 11.3 Å². The van der Waals surface area contributed by atoms with E-state index < -0.39 is 0 Å². The molecule has 0 aliphatic carbocycles. The second-order valence-electron chi connectivity index (χ2n) is 4.77. The van der Waals surface area contributed by atoms with Crippen molar-refractivity contribution in [2.45, 2.75) is 33.2 Å². The van der Waals surface area contributed by atoms with Crippen LogP contribution in [0.3, 0.4) is 0 Å². The van der Waals surface area contributed by atoms with Crippen LogP contribution in [-0.4, -0.2) is 49.1 Å². The number of nitrogens with one attached hydrogen (secondary N) is 1. The zero-order valence-corrected chi connectivity index (χ0v) is 13.1. The minimum absolute atomic E-state index is 0.374. The van der Waals surface area contributed by atoms with E-state index >= 15 is 0 Å². The Hall–Kier alpha value is -1.14. The van der Waals surface area contributed by atoms with Crippen molar-refractivity contribution < 1.29 is 9.53 Å². The quantitative estimate of drug-likeness (QED) is 0.616. The Kier molecular flexibility index (Phi) is 6.24. The van der Waals surface area contributed by atoms with Crippen molar-refractivity contribution in [2.75, 3.05) is 32.6 Å². The first-order valence-electron chi connectivity index (χ1n) is 6.45. The van der Waals surface area contributed by atoms with Crippen LogP contribution in [0.25, 0.3) is 0 Å². The van der Waals surface area contributed by atoms with Crippen molar-refractivity contribution >= 4 is 22.4 Å². The Morgan fingerprint density at radius 1 is 1.53 bits per heavy atom. The van der Waals surface area contributed by atoms with Gasteiger partial charge in [0, 0.05) is 17.5 Å². The number of carbonyl (C=O) groups excluding carboxylic acids is 1. The molecule has 0 bridgehead atoms. The highest BCUT2D eigenvalue weighted by atomic mass is 32.1. The van der Waals surface area contributed by atoms with Crippen LogP contribution in [0.5, 0.6) is 0 Å². The highest BCUT2D eigenvalue weighted by molar-refractivity contribution is 7.15. The maximum Gasteiger partial charge on any atom is 0.357 e. The third kappa shape index (κ3) is 4.80. The van der Waals surface area contributed by atoms with Crippen LogP contribution in [0.2, 0.25) is 0 Å². The topological polar surface area (TPSA) is 54.5 Å². The van der Waals surface area contributed by atoms with Gasteiger partial charge in [0.25, 0.3) is 0 Å². The molecule has 1 heterocycles. The number of methoxy groups -OCH3 is 1. The van der Waals surface area contributed by atoms with Crippen LogP contribution in [0.15, 0.2) is 0 Å². The highest BCUT2D eigenvalue weighted by Gasteiger charge is 2.15. The van der Waals surface area contributed by atoms with Crippen LogP contribution in [-0.2, 0) is 4.74 Å². The number of carbonyl (C=O) groups is 1. The summed E-state index contributed by atoms with van der Waals surface area (Å²) in [6, 6.07) is 0.563. The second-order valence-corrected chi connectivity index (χ2v) is 5.97. The summed E-state index contributed by atoms with van der Waals surface area (Å²) in [7, 11) is 3.49. The number of aryl methyl sites for hydroxylation is 1. The lowest BCUT2D eigenvalue weighted by Crippen LogP contribution is -2.28. The fraction of sp³-hybridized carbons (Fsp3) is 0.692. The predicted octanol–water partition coefficient (Wildman–Crippen LogP) is 2.38. The molecule has 0 aliphatic rings. The van der Waals surface area contributed by atoms with Crippen molar-refractivity contribution in [1.82, 2.24) is 9.88 Å². The molecule has 0 saturated carbocycles. The molecule has 6 heteroatoms. The standard InChI is InChI=1S/C13H23N3O2S/c1-9(2)16(4)8-6-7-14-13-15-11(10(3)19-13)12(17)18-5/h9H,6-8H2,1-5H3,(H,14,15). The van der Waals surface area contributed by atoms with Gasteiger partial charge in [0.2, 0.25) is 0 Å². The molecule has 0 radical (unpaired) electrons. The molecule has 0 spiro atoms. The number of aromatic nitrogens is 1. The molecule has 1 aromatic heterocycles. The lowest BCUT2D eigenvalue weighted by atomic mass is 10.3. The fourth-order valence-corrected chi connectivity index (χ4v) is 2.37. The van der Waals surface area contributed by atoms with E-state index in [1.165, 1.54) is 18.4 Å². The van der Waals surface area contributed by atoms with Gasteiger partial charge in [0.15, 0.2) is 10.8 Å². The van der Waals surface area contributed by atoms with Gasteiger partial charge in [-0.2, -0.15) is 0 Å². The molecular weight excluding hydrogens is 262 g/mol. The van der Waals surface area contributed by atoms with E-state index in [4.69, 9.17) is 0 Å². The smallest absolute Gasteiger partial charge is 0.357 e. The van der Waals surface area contributed by atoms with Gasteiger partial charge < -0.3 is 15.0 Å². The second kappa shape index (κ2) is 7.45. The predicted molar refractivity (Wildman–Crippen MR) is 79.1 cm³/mol. The monoisotopic (exact) mass is 285 g/mol. The van der Waals surface area contributed by atoms with Crippen molar-refractivity contribution in [3.8, 4) is 0 Å². The normalized spacial score (nSPS) is 11.1. The largest absolute Gasteiger partial charge is 0.464 e. The minimum atomic E-state index is -0.374. The number of esters is 1. The number of nitrogens with zero attached hydrogens (tertiary/aromatic N) is 2. The summed E-state index contributed by atoms with van der Waals surface area (Å²) in [5.41, 5.74) is 0.411. The van der Waals surface area contributed by atoms with E-state index in [0.717, 1.165) is 29.5 Å². The molecule has 0 amide bonds. The molecule has 0 aliphatic heterocycles. The fourth-order valence-electron chi connectivity index (χ4n) is 1.54. The molecule has 5 nitrogen and oxygen atoms in total. The molecule has 108 valence electrons. The summed E-state index contributed by atoms with van der Waals surface area (Å²) in [5.74, 6) is -0.374. The van der Waals surface area contributed by atoms with Gasteiger partial charge in [-0.1, -0.05) is 0 Å². The molecule has 1 rings (SSSR count). The summed E-state index contributed by atoms with van der Waals surface area (Å²) in [6.07, 6.45) is 1.04. The molecule has 0 fully saturated rings. The zero-order valence-electron chi connectivity index (χ0n) is 12.3. The Morgan fingerprint density at radius 3 is 2.79 bits per heavy atom. The summed E-state index contributed by atoms with van der Waals surface area (Å²) in [5, 5.41) is 4.03. The van der Waals surface area contributed by atoms with Gasteiger partial charge in [-0.3, -0.25) is 0 Å². The number of thiazole rings is 1. The van der Waals surface area contributed by atoms with E-state index in [0.29, 0.717) is 11.7 Å². The summed E-state index contributed by atoms with van der Waals surface area (Å²) < 4.78 is 4.68. The Balaban J connectivity index is 2.40. The van der Waals surface area contributed by atoms with Crippen molar-refractivity contribution in [3.05, 3.63) is 10.6 Å². The number of anilines is 1. The number of rotatable bonds is 7. The molecule has 1 N–H and O–H groups in total. The van der Waals surface area contributed by atoms with E-state index in [9.17, 15) is 4.79 Å². The summed E-state index contributed by atoms with van der Waals surface area (Å²) in [4.78, 5) is 18.9. The molecule has 1 aromatic rings. The molecule has 0 saturated heterocycles. The Morgan fingerprint density at radius 2 is 2.21 bits per heavy atom. The van der Waals surface area contributed by atoms with Crippen LogP contribution < -0.4 is 5.32 Å². The van der Waals surface area contributed by atoms with E-state index in [1.807, 2.05) is 6.92 Å². The number of hydrogen-bond acceptors (Lipinski definition) is 6. The molecule has 0 atom stereocenters. The average Bonchev–Trinajstić information content (AvgIpc) is 2.74. The first-order valence-corrected chi connectivity index (χ1v) is 7.27. The van der Waals surface area contributed by atoms with Gasteiger partial charge >= 0.3 is 5.97 Å². The summed E-state index contributed by atoms with van der Waals surface area (Å²) >= 11 is 1.49. The number of hydrogen-bond donors (Lipinski definition) is 1. The van der Waals surface area contributed by atoms with Crippen LogP contribution in [0.4, 0.5) is 5.13 Å². The van der Waals surface area contributed by atoms with Gasteiger partial charge in [-0.05, 0) is 40.8 Å². The number of ether oxygens (including phenoxy) is 1. The molecule has 0 unspecified atom stereocenters. The van der Waals surface area contributed by atoms with E-state index in [-0.39, 0.29) is 5.97 Å². The van der Waals surface area contributed by atoms with Crippen LogP contribution in [0.1, 0.15) is 35.6 Å². The Labute approximate surface area is 119 Å². The third-order valence-electron chi connectivity index (χ3n) is 3.02. The van der Waals surface area contributed by atoms with Crippen LogP contribution in [0, 0.1) is 6.92 Å². The van der Waals surface area contributed by atoms with Gasteiger partial charge in [0.1, 0.15) is 0 Å². The molecular formula is C13H23N3O2S. The lowest BCUT2D eigenvalue weighted by Gasteiger charge is -2.20. The third-order valence-corrected chi connectivity index (χ3v) is 3.95. The van der Waals surface area contributed by atoms with Crippen molar-refractivity contribution in [3.63, 3.8) is 0 Å². The van der Waals surface area contributed by atoms with Gasteiger partial charge in [0.05, 0.1) is 7.11 Å². The molecule has 0 aromatic carbocycles. The Bertz CT molecular complexity index is 418. The van der Waals surface area contributed by atoms with Crippen molar-refractivity contribution in [2.24, 2.45) is 0 Å². The molecule has 19 heavy (non-hydrogen) atoms. The average molecular weight is 285 g/mol. The maximum atomic E-state index is 11.4.